The Balaban J connectivity index is 4.46. The number of terminal acetylenes is 1. The first-order valence-electron chi connectivity index (χ1n) is 6.19. The highest BCUT2D eigenvalue weighted by molar-refractivity contribution is 4.93. The Bertz CT molecular complexity index is 214. The van der Waals surface area contributed by atoms with Gasteiger partial charge in [-0.15, -0.1) is 12.3 Å². The second-order valence-electron chi connectivity index (χ2n) is 4.64. The molecule has 0 aliphatic carbocycles. The highest BCUT2D eigenvalue weighted by Gasteiger charge is 2.32. The van der Waals surface area contributed by atoms with Gasteiger partial charge in [-0.3, -0.25) is 16.2 Å². The number of nitrogens with one attached hydrogen (secondary N) is 1. The zero-order valence-electron chi connectivity index (χ0n) is 11.2. The Labute approximate surface area is 101 Å². The average Bonchev–Trinajstić information content (AvgIpc) is 2.25. The molecule has 16 heavy (non-hydrogen) atoms. The third-order valence-electron chi connectivity index (χ3n) is 3.45. The van der Waals surface area contributed by atoms with E-state index < -0.39 is 0 Å². The van der Waals surface area contributed by atoms with Crippen LogP contribution in [0, 0.1) is 12.3 Å². The van der Waals surface area contributed by atoms with Crippen LogP contribution < -0.4 is 11.3 Å². The first-order valence-corrected chi connectivity index (χ1v) is 6.19. The molecule has 94 valence electrons. The molecular formula is C13H27N3. The SMILES string of the molecule is C#CCCCC(NN)C(C)(C)N(CC)CC. The van der Waals surface area contributed by atoms with Crippen molar-refractivity contribution in [2.24, 2.45) is 5.84 Å². The zero-order valence-corrected chi connectivity index (χ0v) is 11.2. The zero-order chi connectivity index (χ0) is 12.6. The van der Waals surface area contributed by atoms with Gasteiger partial charge in [-0.25, -0.2) is 0 Å². The molecule has 3 nitrogen and oxygen atoms in total. The van der Waals surface area contributed by atoms with Crippen LogP contribution in [0.3, 0.4) is 0 Å². The summed E-state index contributed by atoms with van der Waals surface area (Å²) in [4.78, 5) is 2.42. The van der Waals surface area contributed by atoms with Crippen LogP contribution in [0.25, 0.3) is 0 Å². The predicted molar refractivity (Wildman–Crippen MR) is 70.8 cm³/mol. The number of hydrogen-bond acceptors (Lipinski definition) is 3. The Hall–Kier alpha value is -0.560. The summed E-state index contributed by atoms with van der Waals surface area (Å²) in [6.07, 6.45) is 8.13. The van der Waals surface area contributed by atoms with Gasteiger partial charge in [0.25, 0.3) is 0 Å². The highest BCUT2D eigenvalue weighted by Crippen LogP contribution is 2.22. The van der Waals surface area contributed by atoms with Gasteiger partial charge >= 0.3 is 0 Å². The molecule has 0 aromatic rings. The van der Waals surface area contributed by atoms with E-state index in [9.17, 15) is 0 Å². The van der Waals surface area contributed by atoms with Gasteiger partial charge in [0.15, 0.2) is 0 Å². The maximum atomic E-state index is 5.66. The standard InChI is InChI=1S/C13H27N3/c1-6-9-10-11-12(15-14)13(4,5)16(7-2)8-3/h1,12,15H,7-11,14H2,2-5H3. The van der Waals surface area contributed by atoms with Gasteiger partial charge in [0, 0.05) is 18.0 Å². The van der Waals surface area contributed by atoms with Gasteiger partial charge in [-0.05, 0) is 39.8 Å². The lowest BCUT2D eigenvalue weighted by atomic mass is 9.89. The van der Waals surface area contributed by atoms with Crippen molar-refractivity contribution in [2.75, 3.05) is 13.1 Å². The van der Waals surface area contributed by atoms with E-state index in [1.54, 1.807) is 0 Å². The molecule has 0 bridgehead atoms. The Kier molecular flexibility index (Phi) is 7.40. The lowest BCUT2D eigenvalue weighted by Crippen LogP contribution is -2.59. The van der Waals surface area contributed by atoms with Gasteiger partial charge in [0.2, 0.25) is 0 Å². The van der Waals surface area contributed by atoms with E-state index in [1.165, 1.54) is 0 Å². The maximum absolute atomic E-state index is 5.66. The minimum Gasteiger partial charge on any atom is -0.297 e. The van der Waals surface area contributed by atoms with Gasteiger partial charge in [-0.2, -0.15) is 0 Å². The van der Waals surface area contributed by atoms with Crippen molar-refractivity contribution in [3.63, 3.8) is 0 Å². The Morgan fingerprint density at radius 3 is 2.31 bits per heavy atom. The van der Waals surface area contributed by atoms with Crippen molar-refractivity contribution >= 4 is 0 Å². The quantitative estimate of drug-likeness (QED) is 0.286. The molecule has 0 spiro atoms. The Morgan fingerprint density at radius 1 is 1.38 bits per heavy atom. The molecule has 0 aliphatic heterocycles. The lowest BCUT2D eigenvalue weighted by molar-refractivity contribution is 0.0868. The molecule has 0 fully saturated rings. The van der Waals surface area contributed by atoms with E-state index in [0.717, 1.165) is 32.4 Å². The number of nitrogens with zero attached hydrogens (tertiary/aromatic N) is 1. The van der Waals surface area contributed by atoms with Crippen LogP contribution in [-0.4, -0.2) is 29.6 Å². The summed E-state index contributed by atoms with van der Waals surface area (Å²) >= 11 is 0. The van der Waals surface area contributed by atoms with Crippen LogP contribution in [0.2, 0.25) is 0 Å². The molecule has 0 amide bonds. The molecule has 0 radical (unpaired) electrons. The average molecular weight is 225 g/mol. The summed E-state index contributed by atoms with van der Waals surface area (Å²) < 4.78 is 0. The molecule has 0 aliphatic rings. The Morgan fingerprint density at radius 2 is 1.94 bits per heavy atom. The highest BCUT2D eigenvalue weighted by atomic mass is 15.3. The number of nitrogens with two attached hydrogens (primary N) is 1. The summed E-state index contributed by atoms with van der Waals surface area (Å²) in [5.41, 5.74) is 3.00. The van der Waals surface area contributed by atoms with Crippen LogP contribution in [0.4, 0.5) is 0 Å². The van der Waals surface area contributed by atoms with Crippen LogP contribution in [0.1, 0.15) is 47.0 Å². The first kappa shape index (κ1) is 15.4. The van der Waals surface area contributed by atoms with Crippen molar-refractivity contribution in [3.8, 4) is 12.3 Å². The molecule has 0 aromatic carbocycles. The smallest absolute Gasteiger partial charge is 0.0389 e. The number of unbranched alkanes of at least 4 members (excludes halogenated alkanes) is 1. The summed E-state index contributed by atoms with van der Waals surface area (Å²) in [6, 6.07) is 0.278. The van der Waals surface area contributed by atoms with Crippen molar-refractivity contribution < 1.29 is 0 Å². The van der Waals surface area contributed by atoms with E-state index >= 15 is 0 Å². The molecule has 0 saturated carbocycles. The molecule has 1 unspecified atom stereocenters. The molecule has 0 saturated heterocycles. The molecule has 1 atom stereocenters. The van der Waals surface area contributed by atoms with Crippen molar-refractivity contribution in [1.29, 1.82) is 0 Å². The van der Waals surface area contributed by atoms with Crippen LogP contribution >= 0.6 is 0 Å². The summed E-state index contributed by atoms with van der Waals surface area (Å²) in [5, 5.41) is 0. The third-order valence-corrected chi connectivity index (χ3v) is 3.45. The van der Waals surface area contributed by atoms with E-state index in [-0.39, 0.29) is 11.6 Å². The summed E-state index contributed by atoms with van der Waals surface area (Å²) in [6.45, 7) is 10.9. The van der Waals surface area contributed by atoms with Gasteiger partial charge in [-0.1, -0.05) is 13.8 Å². The fourth-order valence-electron chi connectivity index (χ4n) is 2.31. The monoisotopic (exact) mass is 225 g/mol. The van der Waals surface area contributed by atoms with Gasteiger partial charge in [0.05, 0.1) is 0 Å². The normalized spacial score (nSPS) is 13.8. The van der Waals surface area contributed by atoms with Crippen molar-refractivity contribution in [3.05, 3.63) is 0 Å². The maximum Gasteiger partial charge on any atom is 0.0389 e. The van der Waals surface area contributed by atoms with E-state index in [0.29, 0.717) is 0 Å². The molecule has 0 rings (SSSR count). The fourth-order valence-corrected chi connectivity index (χ4v) is 2.31. The molecular weight excluding hydrogens is 198 g/mol. The largest absolute Gasteiger partial charge is 0.297 e. The third kappa shape index (κ3) is 4.13. The molecule has 3 heteroatoms. The van der Waals surface area contributed by atoms with Crippen LogP contribution in [0.5, 0.6) is 0 Å². The van der Waals surface area contributed by atoms with E-state index in [1.807, 2.05) is 0 Å². The van der Waals surface area contributed by atoms with E-state index in [2.05, 4.69) is 43.9 Å². The topological polar surface area (TPSA) is 41.3 Å². The fraction of sp³-hybridized carbons (Fsp3) is 0.846. The van der Waals surface area contributed by atoms with Crippen LogP contribution in [-0.2, 0) is 0 Å². The molecule has 0 aromatic heterocycles. The summed E-state index contributed by atoms with van der Waals surface area (Å²) in [5.74, 6) is 8.33. The van der Waals surface area contributed by atoms with Crippen molar-refractivity contribution in [1.82, 2.24) is 10.3 Å². The summed E-state index contributed by atoms with van der Waals surface area (Å²) in [7, 11) is 0. The number of hydrazine groups is 1. The number of hydrogen-bond donors (Lipinski definition) is 2. The molecule has 3 N–H and O–H groups in total. The molecule has 0 heterocycles. The second-order valence-corrected chi connectivity index (χ2v) is 4.64. The first-order chi connectivity index (χ1) is 7.54. The number of rotatable bonds is 8. The predicted octanol–water partition coefficient (Wildman–Crippen LogP) is 1.74. The minimum atomic E-state index is 0.0623. The lowest BCUT2D eigenvalue weighted by Gasteiger charge is -2.43. The van der Waals surface area contributed by atoms with Gasteiger partial charge in [0.1, 0.15) is 0 Å². The van der Waals surface area contributed by atoms with Crippen molar-refractivity contribution in [2.45, 2.75) is 58.5 Å². The van der Waals surface area contributed by atoms with E-state index in [4.69, 9.17) is 12.3 Å². The second kappa shape index (κ2) is 7.67. The minimum absolute atomic E-state index is 0.0623. The number of likely N-dealkylation sites (N-methyl/N-ethyl adjacent to an activating group) is 1. The van der Waals surface area contributed by atoms with Gasteiger partial charge < -0.3 is 0 Å². The van der Waals surface area contributed by atoms with Crippen LogP contribution in [0.15, 0.2) is 0 Å².